The van der Waals surface area contributed by atoms with E-state index < -0.39 is 6.09 Å². The lowest BCUT2D eigenvalue weighted by molar-refractivity contribution is -0.0000384. The number of carbonyl (C=O) groups is 1. The van der Waals surface area contributed by atoms with E-state index in [0.29, 0.717) is 13.1 Å². The maximum atomic E-state index is 11.0. The van der Waals surface area contributed by atoms with Gasteiger partial charge in [0, 0.05) is 23.9 Å². The molecule has 0 spiro atoms. The van der Waals surface area contributed by atoms with Crippen LogP contribution in [0.2, 0.25) is 0 Å². The number of hydrogen-bond donors (Lipinski definition) is 2. The molecule has 0 aromatic rings. The van der Waals surface area contributed by atoms with Crippen molar-refractivity contribution < 1.29 is 15.0 Å². The number of fused-ring (bicyclic) bond motifs is 1. The lowest BCUT2D eigenvalue weighted by atomic mass is 9.58. The van der Waals surface area contributed by atoms with E-state index in [1.165, 1.54) is 10.5 Å². The lowest BCUT2D eigenvalue weighted by Crippen LogP contribution is -2.52. The minimum absolute atomic E-state index is 0.112. The molecular formula is C13H21NO3. The molecule has 0 radical (unpaired) electrons. The summed E-state index contributed by atoms with van der Waals surface area (Å²) in [6, 6.07) is 0. The second kappa shape index (κ2) is 3.73. The van der Waals surface area contributed by atoms with E-state index >= 15 is 0 Å². The molecule has 17 heavy (non-hydrogen) atoms. The fraction of sp³-hybridized carbons (Fsp3) is 0.769. The standard InChI is InChI=1S/C13H21NO3/c1-12(2)9-5-7-14(11(16)17)8-13(9,3)6-4-10(12)15/h5,10,15H,4,6-8H2,1-3H3,(H,16,17). The summed E-state index contributed by atoms with van der Waals surface area (Å²) in [5.41, 5.74) is 0.873. The van der Waals surface area contributed by atoms with Crippen LogP contribution < -0.4 is 0 Å². The average molecular weight is 239 g/mol. The summed E-state index contributed by atoms with van der Waals surface area (Å²) >= 11 is 0. The topological polar surface area (TPSA) is 60.8 Å². The molecule has 1 aliphatic carbocycles. The van der Waals surface area contributed by atoms with E-state index in [1.54, 1.807) is 0 Å². The molecule has 2 rings (SSSR count). The molecule has 0 saturated heterocycles. The molecule has 4 heteroatoms. The second-order valence-corrected chi connectivity index (χ2v) is 6.12. The molecule has 0 aromatic heterocycles. The largest absolute Gasteiger partial charge is 0.465 e. The maximum absolute atomic E-state index is 11.0. The SMILES string of the molecule is CC12CCC(O)C(C)(C)C1=CCN(C(=O)O)C2. The first-order valence-corrected chi connectivity index (χ1v) is 6.14. The van der Waals surface area contributed by atoms with Gasteiger partial charge in [-0.2, -0.15) is 0 Å². The zero-order chi connectivity index (χ0) is 12.8. The Balaban J connectivity index is 2.35. The van der Waals surface area contributed by atoms with Crippen molar-refractivity contribution in [2.75, 3.05) is 13.1 Å². The first-order chi connectivity index (χ1) is 7.77. The Morgan fingerprint density at radius 1 is 1.47 bits per heavy atom. The first kappa shape index (κ1) is 12.4. The van der Waals surface area contributed by atoms with Crippen LogP contribution in [-0.4, -0.2) is 40.4 Å². The molecular weight excluding hydrogens is 218 g/mol. The van der Waals surface area contributed by atoms with Crippen molar-refractivity contribution in [1.29, 1.82) is 0 Å². The highest BCUT2D eigenvalue weighted by atomic mass is 16.4. The van der Waals surface area contributed by atoms with E-state index in [4.69, 9.17) is 5.11 Å². The summed E-state index contributed by atoms with van der Waals surface area (Å²) in [6.45, 7) is 7.21. The Labute approximate surface area is 102 Å². The quantitative estimate of drug-likeness (QED) is 0.636. The zero-order valence-electron chi connectivity index (χ0n) is 10.7. The van der Waals surface area contributed by atoms with Crippen molar-refractivity contribution in [1.82, 2.24) is 4.90 Å². The molecule has 4 nitrogen and oxygen atoms in total. The van der Waals surface area contributed by atoms with Gasteiger partial charge in [-0.3, -0.25) is 0 Å². The smallest absolute Gasteiger partial charge is 0.407 e. The summed E-state index contributed by atoms with van der Waals surface area (Å²) < 4.78 is 0. The normalized spacial score (nSPS) is 36.1. The van der Waals surface area contributed by atoms with E-state index in [-0.39, 0.29) is 16.9 Å². The predicted octanol–water partition coefficient (Wildman–Crippen LogP) is 2.09. The van der Waals surface area contributed by atoms with E-state index in [1.807, 2.05) is 6.08 Å². The number of aliphatic hydroxyl groups is 1. The molecule has 2 atom stereocenters. The molecule has 1 heterocycles. The molecule has 2 aliphatic rings. The molecule has 2 N–H and O–H groups in total. The van der Waals surface area contributed by atoms with Gasteiger partial charge in [0.2, 0.25) is 0 Å². The van der Waals surface area contributed by atoms with Crippen LogP contribution in [0.1, 0.15) is 33.6 Å². The fourth-order valence-corrected chi connectivity index (χ4v) is 3.41. The van der Waals surface area contributed by atoms with Gasteiger partial charge in [-0.05, 0) is 12.8 Å². The fourth-order valence-electron chi connectivity index (χ4n) is 3.41. The summed E-state index contributed by atoms with van der Waals surface area (Å²) in [6.07, 6.45) is 2.42. The molecule has 1 aliphatic heterocycles. The van der Waals surface area contributed by atoms with Gasteiger partial charge in [-0.15, -0.1) is 0 Å². The molecule has 1 amide bonds. The molecule has 0 bridgehead atoms. The van der Waals surface area contributed by atoms with Crippen LogP contribution in [0.5, 0.6) is 0 Å². The minimum atomic E-state index is -0.856. The van der Waals surface area contributed by atoms with Gasteiger partial charge in [-0.1, -0.05) is 32.4 Å². The summed E-state index contributed by atoms with van der Waals surface area (Å²) in [5, 5.41) is 19.2. The van der Waals surface area contributed by atoms with Crippen LogP contribution >= 0.6 is 0 Å². The number of nitrogens with zero attached hydrogens (tertiary/aromatic N) is 1. The number of amides is 1. The number of hydrogen-bond acceptors (Lipinski definition) is 2. The highest BCUT2D eigenvalue weighted by Crippen LogP contribution is 2.52. The van der Waals surface area contributed by atoms with Crippen molar-refractivity contribution in [2.45, 2.75) is 39.7 Å². The third kappa shape index (κ3) is 1.84. The van der Waals surface area contributed by atoms with Gasteiger partial charge < -0.3 is 15.1 Å². The van der Waals surface area contributed by atoms with Gasteiger partial charge in [-0.25, -0.2) is 4.79 Å². The Bertz CT molecular complexity index is 375. The predicted molar refractivity (Wildman–Crippen MR) is 64.8 cm³/mol. The first-order valence-electron chi connectivity index (χ1n) is 6.14. The van der Waals surface area contributed by atoms with Crippen LogP contribution in [0.25, 0.3) is 0 Å². The minimum Gasteiger partial charge on any atom is -0.465 e. The Morgan fingerprint density at radius 2 is 2.12 bits per heavy atom. The van der Waals surface area contributed by atoms with E-state index in [2.05, 4.69) is 20.8 Å². The van der Waals surface area contributed by atoms with Gasteiger partial charge in [0.15, 0.2) is 0 Å². The van der Waals surface area contributed by atoms with E-state index in [0.717, 1.165) is 12.8 Å². The molecule has 0 aromatic carbocycles. The molecule has 96 valence electrons. The van der Waals surface area contributed by atoms with Crippen LogP contribution in [0, 0.1) is 10.8 Å². The summed E-state index contributed by atoms with van der Waals surface area (Å²) in [4.78, 5) is 12.5. The van der Waals surface area contributed by atoms with Gasteiger partial charge in [0.1, 0.15) is 0 Å². The highest BCUT2D eigenvalue weighted by molar-refractivity contribution is 5.66. The Morgan fingerprint density at radius 3 is 2.71 bits per heavy atom. The van der Waals surface area contributed by atoms with Crippen molar-refractivity contribution >= 4 is 6.09 Å². The maximum Gasteiger partial charge on any atom is 0.407 e. The number of carboxylic acid groups (broad SMARTS) is 1. The molecule has 1 fully saturated rings. The van der Waals surface area contributed by atoms with Crippen LogP contribution in [-0.2, 0) is 0 Å². The highest BCUT2D eigenvalue weighted by Gasteiger charge is 2.48. The van der Waals surface area contributed by atoms with Crippen molar-refractivity contribution in [3.05, 3.63) is 11.6 Å². The second-order valence-electron chi connectivity index (χ2n) is 6.12. The monoisotopic (exact) mass is 239 g/mol. The van der Waals surface area contributed by atoms with Gasteiger partial charge in [0.05, 0.1) is 6.10 Å². The van der Waals surface area contributed by atoms with Crippen molar-refractivity contribution in [3.8, 4) is 0 Å². The lowest BCUT2D eigenvalue weighted by Gasteiger charge is -2.52. The van der Waals surface area contributed by atoms with Crippen LogP contribution in [0.4, 0.5) is 4.79 Å². The third-order valence-corrected chi connectivity index (χ3v) is 4.47. The summed E-state index contributed by atoms with van der Waals surface area (Å²) in [7, 11) is 0. The Hall–Kier alpha value is -1.03. The van der Waals surface area contributed by atoms with Crippen LogP contribution in [0.15, 0.2) is 11.6 Å². The van der Waals surface area contributed by atoms with Gasteiger partial charge >= 0.3 is 6.09 Å². The summed E-state index contributed by atoms with van der Waals surface area (Å²) in [5.74, 6) is 0. The van der Waals surface area contributed by atoms with E-state index in [9.17, 15) is 9.90 Å². The molecule has 2 unspecified atom stereocenters. The van der Waals surface area contributed by atoms with Crippen LogP contribution in [0.3, 0.4) is 0 Å². The number of aliphatic hydroxyl groups excluding tert-OH is 1. The van der Waals surface area contributed by atoms with Gasteiger partial charge in [0.25, 0.3) is 0 Å². The average Bonchev–Trinajstić information content (AvgIpc) is 2.23. The Kier molecular flexibility index (Phi) is 2.73. The third-order valence-electron chi connectivity index (χ3n) is 4.47. The van der Waals surface area contributed by atoms with Crippen molar-refractivity contribution in [2.24, 2.45) is 10.8 Å². The zero-order valence-corrected chi connectivity index (χ0v) is 10.7. The number of rotatable bonds is 0. The van der Waals surface area contributed by atoms with Crippen molar-refractivity contribution in [3.63, 3.8) is 0 Å². The molecule has 1 saturated carbocycles.